The lowest BCUT2D eigenvalue weighted by atomic mass is 9.93. The number of allylic oxidation sites excluding steroid dienone is 6. The van der Waals surface area contributed by atoms with Crippen LogP contribution in [0.2, 0.25) is 0 Å². The molecule has 0 amide bonds. The van der Waals surface area contributed by atoms with Crippen LogP contribution in [-0.4, -0.2) is 70.6 Å². The summed E-state index contributed by atoms with van der Waals surface area (Å²) in [6, 6.07) is 25.4. The maximum atomic E-state index is 5.78. The Kier molecular flexibility index (Phi) is 12.2. The molecule has 0 atom stereocenters. The number of aliphatic imine (C=N–C) groups is 6. The molecular weight excluding hydrogens is 993 g/mol. The van der Waals surface area contributed by atoms with Crippen LogP contribution in [0.3, 0.4) is 0 Å². The molecule has 6 aromatic heterocycles. The van der Waals surface area contributed by atoms with E-state index in [0.29, 0.717) is 46.7 Å². The Morgan fingerprint density at radius 3 is 0.875 bits per heavy atom. The summed E-state index contributed by atoms with van der Waals surface area (Å²) in [4.78, 5) is 45.8. The van der Waals surface area contributed by atoms with Crippen molar-refractivity contribution >= 4 is 80.1 Å². The van der Waals surface area contributed by atoms with Gasteiger partial charge in [-0.15, -0.1) is 0 Å². The standard InChI is InChI=1S/C64H56N16/c1-73-25-9-41(10-26-73)49-50(42-11-27-74(2)28-12-42)58-65-57(49)69-59-51(43-13-29-75(3)30-14-43)52(44-15-31-76(4)32-16-44)61(66-59)71-63-55(47-21-37-79(7)38-22-47)56(48-23-39-80(8)40-24-48)64(68-63)72-62-54(46-19-35-78(6)36-20-46)53(60(67-62)70-58)45-17-33-77(5)34-18-45/h9-40H,1-8H3/q+6/p+2. The fourth-order valence-corrected chi connectivity index (χ4v) is 10.5. The van der Waals surface area contributed by atoms with Crippen molar-refractivity contribution in [2.45, 2.75) is 0 Å². The normalized spacial score (nSPS) is 17.6. The summed E-state index contributed by atoms with van der Waals surface area (Å²) in [5, 5.41) is 0. The largest absolute Gasteiger partial charge is 0.357 e. The van der Waals surface area contributed by atoms with Crippen LogP contribution in [0, 0.1) is 0 Å². The third-order valence-electron chi connectivity index (χ3n) is 14.7. The Balaban J connectivity index is 1.21. The van der Waals surface area contributed by atoms with Crippen molar-refractivity contribution in [3.8, 4) is 0 Å². The van der Waals surface area contributed by atoms with Crippen LogP contribution < -0.4 is 37.4 Å². The van der Waals surface area contributed by atoms with Gasteiger partial charge in [0.15, 0.2) is 86.0 Å². The van der Waals surface area contributed by atoms with Gasteiger partial charge in [0.2, 0.25) is 11.7 Å². The van der Waals surface area contributed by atoms with E-state index in [-0.39, 0.29) is 0 Å². The Morgan fingerprint density at radius 2 is 0.537 bits per heavy atom. The van der Waals surface area contributed by atoms with E-state index >= 15 is 0 Å². The third-order valence-corrected chi connectivity index (χ3v) is 14.7. The van der Waals surface area contributed by atoms with E-state index in [2.05, 4.69) is 157 Å². The molecule has 0 unspecified atom stereocenters. The van der Waals surface area contributed by atoms with E-state index in [1.54, 1.807) is 0 Å². The van der Waals surface area contributed by atoms with Crippen molar-refractivity contribution in [1.29, 1.82) is 0 Å². The van der Waals surface area contributed by atoms with Crippen molar-refractivity contribution in [3.05, 3.63) is 252 Å². The molecule has 13 rings (SSSR count). The zero-order valence-corrected chi connectivity index (χ0v) is 45.7. The van der Waals surface area contributed by atoms with Crippen molar-refractivity contribution in [1.82, 2.24) is 9.80 Å². The summed E-state index contributed by atoms with van der Waals surface area (Å²) in [7, 11) is 16.2. The van der Waals surface area contributed by atoms with Gasteiger partial charge in [-0.1, -0.05) is 15.0 Å². The topological polar surface area (TPSA) is 132 Å². The van der Waals surface area contributed by atoms with E-state index in [4.69, 9.17) is 30.0 Å². The van der Waals surface area contributed by atoms with E-state index < -0.39 is 0 Å². The lowest BCUT2D eigenvalue weighted by molar-refractivity contribution is -0.671. The maximum absolute atomic E-state index is 5.78. The van der Waals surface area contributed by atoms with Gasteiger partial charge in [-0.3, -0.25) is 0 Å². The van der Waals surface area contributed by atoms with Crippen molar-refractivity contribution in [2.24, 2.45) is 72.2 Å². The summed E-state index contributed by atoms with van der Waals surface area (Å²) in [5.41, 5.74) is 14.1. The van der Waals surface area contributed by atoms with Gasteiger partial charge in [0.1, 0.15) is 42.3 Å². The van der Waals surface area contributed by atoms with Crippen molar-refractivity contribution < 1.29 is 37.4 Å². The summed E-state index contributed by atoms with van der Waals surface area (Å²) in [5.74, 6) is 4.14. The lowest BCUT2D eigenvalue weighted by Crippen LogP contribution is -2.77. The van der Waals surface area contributed by atoms with Crippen LogP contribution in [0.1, 0.15) is 33.4 Å². The summed E-state index contributed by atoms with van der Waals surface area (Å²) >= 11 is 0. The number of rotatable bonds is 6. The Morgan fingerprint density at radius 1 is 0.287 bits per heavy atom. The first-order valence-electron chi connectivity index (χ1n) is 26.3. The van der Waals surface area contributed by atoms with Crippen LogP contribution >= 0.6 is 0 Å². The predicted molar refractivity (Wildman–Crippen MR) is 309 cm³/mol. The molecule has 0 saturated carbocycles. The number of pyridine rings is 6. The van der Waals surface area contributed by atoms with Gasteiger partial charge in [-0.25, -0.2) is 42.4 Å². The number of fused-ring (bicyclic) bond motifs is 4. The Labute approximate surface area is 463 Å². The van der Waals surface area contributed by atoms with Crippen molar-refractivity contribution in [3.63, 3.8) is 0 Å². The van der Waals surface area contributed by atoms with Gasteiger partial charge in [0.05, 0.1) is 33.4 Å². The fourth-order valence-electron chi connectivity index (χ4n) is 10.5. The molecule has 0 aliphatic carbocycles. The molecule has 16 nitrogen and oxygen atoms in total. The molecule has 0 saturated heterocycles. The molecule has 7 aliphatic rings. The van der Waals surface area contributed by atoms with Crippen LogP contribution in [0.15, 0.2) is 249 Å². The summed E-state index contributed by atoms with van der Waals surface area (Å²) in [6.45, 7) is 0. The second kappa shape index (κ2) is 19.8. The van der Waals surface area contributed by atoms with Crippen molar-refractivity contribution in [2.75, 3.05) is 14.1 Å². The molecule has 13 heterocycles. The number of aromatic nitrogens is 6. The first kappa shape index (κ1) is 49.1. The minimum Gasteiger partial charge on any atom is -0.357 e. The molecule has 386 valence electrons. The third kappa shape index (κ3) is 9.07. The molecule has 6 aromatic rings. The minimum atomic E-state index is 0.450. The van der Waals surface area contributed by atoms with Gasteiger partial charge >= 0.3 is 0 Å². The molecule has 80 heavy (non-hydrogen) atoms. The summed E-state index contributed by atoms with van der Waals surface area (Å²) in [6.07, 6.45) is 41.3. The molecule has 2 N–H and O–H groups in total. The first-order chi connectivity index (χ1) is 38.9. The number of aryl methyl sites for hydroxylation is 6. The number of hydrogen-bond acceptors (Lipinski definition) is 8. The number of nitrogens with zero attached hydrogens (tertiary/aromatic N) is 14. The molecule has 0 radical (unpaired) electrons. The van der Waals surface area contributed by atoms with Crippen LogP contribution in [-0.2, 0) is 42.3 Å². The second-order valence-corrected chi connectivity index (χ2v) is 20.6. The minimum absolute atomic E-state index is 0.450. The number of amidine groups is 8. The molecule has 0 spiro atoms. The number of hydrogen-bond donors (Lipinski definition) is 2. The molecule has 16 heteroatoms. The van der Waals surface area contributed by atoms with Gasteiger partial charge in [0, 0.05) is 145 Å². The quantitative estimate of drug-likeness (QED) is 0.247. The predicted octanol–water partition coefficient (Wildman–Crippen LogP) is 1.72. The zero-order valence-electron chi connectivity index (χ0n) is 45.7. The smallest absolute Gasteiger partial charge is 0.273 e. The highest BCUT2D eigenvalue weighted by Gasteiger charge is 2.43. The van der Waals surface area contributed by atoms with Gasteiger partial charge in [0.25, 0.3) is 23.3 Å². The SMILES string of the molecule is CN1C=CC(=C2C3=NC(=NC4=[NH+]C(=NC5=[NH+]C(=NC6=NC(=N3)C(c3cc[n+](C)cc3)=C6c3cc[n+](C)cc3)C(c3cc[n+](C)cc3)=C5c3cc[n+](C)cc3)C(c3cc[n+](C)cc3)=C4c3cc[n+](C)cc3)C2=C2C=CN(C)C=C2)C=C1. The average Bonchev–Trinajstić information content (AvgIpc) is 4.24. The van der Waals surface area contributed by atoms with Crippen LogP contribution in [0.4, 0.5) is 0 Å². The molecule has 8 bridgehead atoms. The van der Waals surface area contributed by atoms with E-state index in [0.717, 1.165) is 89.1 Å². The second-order valence-electron chi connectivity index (χ2n) is 20.6. The Bertz CT molecular complexity index is 4190. The summed E-state index contributed by atoms with van der Waals surface area (Å²) < 4.78 is 12.2. The average molecular weight is 1050 g/mol. The van der Waals surface area contributed by atoms with Crippen LogP contribution in [0.25, 0.3) is 33.4 Å². The highest BCUT2D eigenvalue weighted by molar-refractivity contribution is 6.54. The number of nitrogens with one attached hydrogen (secondary N) is 2. The molecule has 0 aromatic carbocycles. The van der Waals surface area contributed by atoms with E-state index in [1.807, 2.05) is 143 Å². The highest BCUT2D eigenvalue weighted by Crippen LogP contribution is 2.40. The maximum Gasteiger partial charge on any atom is 0.273 e. The molecular formula is C64H58N16+8. The fraction of sp³-hybridized carbons (Fsp3) is 0.125. The van der Waals surface area contributed by atoms with E-state index in [9.17, 15) is 0 Å². The van der Waals surface area contributed by atoms with Crippen LogP contribution in [0.5, 0.6) is 0 Å². The molecule has 0 fully saturated rings. The lowest BCUT2D eigenvalue weighted by Gasteiger charge is -2.17. The zero-order chi connectivity index (χ0) is 54.8. The Hall–Kier alpha value is -10.5. The van der Waals surface area contributed by atoms with Gasteiger partial charge in [-0.05, 0) is 46.6 Å². The highest BCUT2D eigenvalue weighted by atomic mass is 15.2. The van der Waals surface area contributed by atoms with Gasteiger partial charge in [-0.2, -0.15) is 9.98 Å². The van der Waals surface area contributed by atoms with E-state index in [1.165, 1.54) is 0 Å². The molecule has 7 aliphatic heterocycles. The van der Waals surface area contributed by atoms with Gasteiger partial charge < -0.3 is 9.80 Å². The monoisotopic (exact) mass is 1050 g/mol. The first-order valence-corrected chi connectivity index (χ1v) is 26.3.